The summed E-state index contributed by atoms with van der Waals surface area (Å²) in [6.45, 7) is 2.44. The van der Waals surface area contributed by atoms with Gasteiger partial charge in [-0.15, -0.1) is 0 Å². The van der Waals surface area contributed by atoms with Crippen molar-refractivity contribution >= 4 is 5.69 Å². The highest BCUT2D eigenvalue weighted by molar-refractivity contribution is 5.61. The van der Waals surface area contributed by atoms with Gasteiger partial charge in [-0.1, -0.05) is 18.2 Å². The molecule has 2 heterocycles. The summed E-state index contributed by atoms with van der Waals surface area (Å²) in [6, 6.07) is 9.58. The quantitative estimate of drug-likeness (QED) is 0.634. The third-order valence-electron chi connectivity index (χ3n) is 4.00. The first-order valence-electron chi connectivity index (χ1n) is 5.77. The van der Waals surface area contributed by atoms with Crippen LogP contribution >= 0.6 is 0 Å². The molecule has 0 spiro atoms. The summed E-state index contributed by atoms with van der Waals surface area (Å²) in [4.78, 5) is 4.92. The van der Waals surface area contributed by atoms with E-state index in [-0.39, 0.29) is 0 Å². The summed E-state index contributed by atoms with van der Waals surface area (Å²) in [7, 11) is 4.47. The maximum atomic E-state index is 2.47. The second-order valence-electron chi connectivity index (χ2n) is 4.89. The Labute approximate surface area is 91.5 Å². The largest absolute Gasteiger partial charge is 0.369 e. The Bertz CT molecular complexity index is 375. The van der Waals surface area contributed by atoms with Crippen molar-refractivity contribution in [1.29, 1.82) is 0 Å². The SMILES string of the molecule is CN1CC[C@H]2c3ccccc3N(C)[C@@H]2C1. The molecule has 15 heavy (non-hydrogen) atoms. The third kappa shape index (κ3) is 1.28. The number of hydrogen-bond acceptors (Lipinski definition) is 2. The first-order chi connectivity index (χ1) is 7.27. The topological polar surface area (TPSA) is 6.48 Å². The number of hydrogen-bond donors (Lipinski definition) is 0. The lowest BCUT2D eigenvalue weighted by atomic mass is 9.88. The fourth-order valence-corrected chi connectivity index (χ4v) is 3.15. The number of para-hydroxylation sites is 1. The lowest BCUT2D eigenvalue weighted by molar-refractivity contribution is 0.233. The molecule has 0 amide bonds. The molecule has 0 radical (unpaired) electrons. The van der Waals surface area contributed by atoms with Crippen LogP contribution in [-0.2, 0) is 0 Å². The molecule has 2 aliphatic rings. The minimum Gasteiger partial charge on any atom is -0.369 e. The predicted octanol–water partition coefficient (Wildman–Crippen LogP) is 1.92. The summed E-state index contributed by atoms with van der Waals surface area (Å²) in [5.74, 6) is 0.766. The average Bonchev–Trinajstić information content (AvgIpc) is 2.54. The van der Waals surface area contributed by atoms with E-state index in [0.717, 1.165) is 5.92 Å². The molecular formula is C13H18N2. The number of benzene rings is 1. The van der Waals surface area contributed by atoms with Crippen LogP contribution in [0.15, 0.2) is 24.3 Å². The molecule has 0 N–H and O–H groups in total. The molecule has 0 aromatic heterocycles. The fraction of sp³-hybridized carbons (Fsp3) is 0.538. The number of likely N-dealkylation sites (N-methyl/N-ethyl adjacent to an activating group) is 2. The minimum absolute atomic E-state index is 0.696. The molecule has 2 aliphatic heterocycles. The van der Waals surface area contributed by atoms with Crippen LogP contribution in [0.1, 0.15) is 17.9 Å². The average molecular weight is 202 g/mol. The van der Waals surface area contributed by atoms with E-state index >= 15 is 0 Å². The van der Waals surface area contributed by atoms with Crippen molar-refractivity contribution in [2.45, 2.75) is 18.4 Å². The monoisotopic (exact) mass is 202 g/mol. The summed E-state index contributed by atoms with van der Waals surface area (Å²) in [5, 5.41) is 0. The Morgan fingerprint density at radius 1 is 1.20 bits per heavy atom. The molecule has 0 aliphatic carbocycles. The van der Waals surface area contributed by atoms with Crippen molar-refractivity contribution in [3.05, 3.63) is 29.8 Å². The zero-order valence-electron chi connectivity index (χ0n) is 9.48. The van der Waals surface area contributed by atoms with Gasteiger partial charge in [0.15, 0.2) is 0 Å². The predicted molar refractivity (Wildman–Crippen MR) is 63.5 cm³/mol. The van der Waals surface area contributed by atoms with E-state index in [9.17, 15) is 0 Å². The Balaban J connectivity index is 2.01. The highest BCUT2D eigenvalue weighted by Crippen LogP contribution is 2.43. The minimum atomic E-state index is 0.696. The number of anilines is 1. The molecule has 3 rings (SSSR count). The highest BCUT2D eigenvalue weighted by atomic mass is 15.2. The van der Waals surface area contributed by atoms with Crippen molar-refractivity contribution in [2.75, 3.05) is 32.1 Å². The number of fused-ring (bicyclic) bond motifs is 3. The van der Waals surface area contributed by atoms with E-state index in [2.05, 4.69) is 48.2 Å². The molecule has 0 unspecified atom stereocenters. The summed E-state index contributed by atoms with van der Waals surface area (Å²) < 4.78 is 0. The van der Waals surface area contributed by atoms with Gasteiger partial charge in [-0.05, 0) is 31.6 Å². The smallest absolute Gasteiger partial charge is 0.0483 e. The summed E-state index contributed by atoms with van der Waals surface area (Å²) >= 11 is 0. The van der Waals surface area contributed by atoms with Gasteiger partial charge in [0.25, 0.3) is 0 Å². The standard InChI is InChI=1S/C13H18N2/c1-14-8-7-11-10-5-3-4-6-12(10)15(2)13(11)9-14/h3-6,11,13H,7-9H2,1-2H3/t11-,13+/m0/s1. The van der Waals surface area contributed by atoms with Crippen molar-refractivity contribution in [3.8, 4) is 0 Å². The van der Waals surface area contributed by atoms with Gasteiger partial charge in [0.1, 0.15) is 0 Å². The fourth-order valence-electron chi connectivity index (χ4n) is 3.15. The van der Waals surface area contributed by atoms with E-state index in [0.29, 0.717) is 6.04 Å². The number of piperidine rings is 1. The van der Waals surface area contributed by atoms with E-state index < -0.39 is 0 Å². The molecule has 2 atom stereocenters. The van der Waals surface area contributed by atoms with Gasteiger partial charge in [0.2, 0.25) is 0 Å². The molecule has 2 heteroatoms. The van der Waals surface area contributed by atoms with E-state index in [1.165, 1.54) is 25.2 Å². The van der Waals surface area contributed by atoms with Crippen molar-refractivity contribution in [1.82, 2.24) is 4.90 Å². The van der Waals surface area contributed by atoms with Crippen LogP contribution in [0.25, 0.3) is 0 Å². The van der Waals surface area contributed by atoms with Gasteiger partial charge in [-0.25, -0.2) is 0 Å². The number of likely N-dealkylation sites (tertiary alicyclic amines) is 1. The van der Waals surface area contributed by atoms with Gasteiger partial charge < -0.3 is 9.80 Å². The first kappa shape index (κ1) is 9.22. The Morgan fingerprint density at radius 2 is 2.00 bits per heavy atom. The van der Waals surface area contributed by atoms with Gasteiger partial charge >= 0.3 is 0 Å². The molecule has 1 fully saturated rings. The summed E-state index contributed by atoms with van der Waals surface area (Å²) in [6.07, 6.45) is 1.31. The zero-order chi connectivity index (χ0) is 10.4. The van der Waals surface area contributed by atoms with Crippen LogP contribution in [0.3, 0.4) is 0 Å². The van der Waals surface area contributed by atoms with Gasteiger partial charge in [-0.2, -0.15) is 0 Å². The van der Waals surface area contributed by atoms with Crippen LogP contribution in [0, 0.1) is 0 Å². The van der Waals surface area contributed by atoms with E-state index in [4.69, 9.17) is 0 Å². The van der Waals surface area contributed by atoms with Crippen LogP contribution in [0.4, 0.5) is 5.69 Å². The first-order valence-corrected chi connectivity index (χ1v) is 5.77. The molecule has 1 aromatic rings. The van der Waals surface area contributed by atoms with Crippen LogP contribution < -0.4 is 4.90 Å². The van der Waals surface area contributed by atoms with Crippen molar-refractivity contribution in [2.24, 2.45) is 0 Å². The molecule has 2 nitrogen and oxygen atoms in total. The molecule has 0 bridgehead atoms. The Morgan fingerprint density at radius 3 is 2.87 bits per heavy atom. The van der Waals surface area contributed by atoms with Crippen LogP contribution in [-0.4, -0.2) is 38.1 Å². The summed E-state index contributed by atoms with van der Waals surface area (Å²) in [5.41, 5.74) is 3.01. The van der Waals surface area contributed by atoms with Gasteiger partial charge in [0.05, 0.1) is 0 Å². The van der Waals surface area contributed by atoms with Crippen LogP contribution in [0.2, 0.25) is 0 Å². The van der Waals surface area contributed by atoms with Gasteiger partial charge in [-0.3, -0.25) is 0 Å². The maximum absolute atomic E-state index is 2.47. The molecule has 0 saturated carbocycles. The highest BCUT2D eigenvalue weighted by Gasteiger charge is 2.38. The molecule has 1 saturated heterocycles. The van der Waals surface area contributed by atoms with Crippen molar-refractivity contribution < 1.29 is 0 Å². The molecule has 1 aromatic carbocycles. The van der Waals surface area contributed by atoms with Crippen molar-refractivity contribution in [3.63, 3.8) is 0 Å². The normalized spacial score (nSPS) is 30.1. The second kappa shape index (κ2) is 3.24. The maximum Gasteiger partial charge on any atom is 0.0483 e. The Kier molecular flexibility index (Phi) is 1.99. The van der Waals surface area contributed by atoms with Gasteiger partial charge in [0, 0.05) is 31.2 Å². The number of rotatable bonds is 0. The van der Waals surface area contributed by atoms with E-state index in [1.807, 2.05) is 0 Å². The van der Waals surface area contributed by atoms with E-state index in [1.54, 1.807) is 5.56 Å². The Hall–Kier alpha value is -1.02. The zero-order valence-corrected chi connectivity index (χ0v) is 9.48. The third-order valence-corrected chi connectivity index (χ3v) is 4.00. The second-order valence-corrected chi connectivity index (χ2v) is 4.89. The lowest BCUT2D eigenvalue weighted by Crippen LogP contribution is -2.45. The number of nitrogens with zero attached hydrogens (tertiary/aromatic N) is 2. The molecular weight excluding hydrogens is 184 g/mol. The molecule has 80 valence electrons. The van der Waals surface area contributed by atoms with Crippen LogP contribution in [0.5, 0.6) is 0 Å². The lowest BCUT2D eigenvalue weighted by Gasteiger charge is -2.36.